The molecule has 1 N–H and O–H groups in total. The molecule has 0 unspecified atom stereocenters. The molecule has 0 saturated heterocycles. The van der Waals surface area contributed by atoms with Crippen molar-refractivity contribution in [3.63, 3.8) is 0 Å². The van der Waals surface area contributed by atoms with Crippen LogP contribution in [-0.4, -0.2) is 28.8 Å². The zero-order valence-electron chi connectivity index (χ0n) is 18.2. The van der Waals surface area contributed by atoms with Crippen molar-refractivity contribution < 1.29 is 9.47 Å². The fourth-order valence-electron chi connectivity index (χ4n) is 3.79. The van der Waals surface area contributed by atoms with E-state index in [0.29, 0.717) is 11.5 Å². The van der Waals surface area contributed by atoms with Gasteiger partial charge in [-0.2, -0.15) is 9.61 Å². The predicted octanol–water partition coefficient (Wildman–Crippen LogP) is 5.39. The van der Waals surface area contributed by atoms with Gasteiger partial charge in [-0.15, -0.1) is 0 Å². The summed E-state index contributed by atoms with van der Waals surface area (Å²) < 4.78 is 12.7. The molecular formula is C24H26N4O2. The number of methoxy groups -OCH3 is 2. The normalized spacial score (nSPS) is 11.0. The van der Waals surface area contributed by atoms with Crippen LogP contribution in [0.3, 0.4) is 0 Å². The highest BCUT2D eigenvalue weighted by Crippen LogP contribution is 2.34. The van der Waals surface area contributed by atoms with Gasteiger partial charge >= 0.3 is 0 Å². The van der Waals surface area contributed by atoms with Crippen LogP contribution in [0.1, 0.15) is 22.4 Å². The van der Waals surface area contributed by atoms with Crippen molar-refractivity contribution in [1.29, 1.82) is 0 Å². The van der Waals surface area contributed by atoms with Gasteiger partial charge in [-0.25, -0.2) is 4.98 Å². The third-order valence-corrected chi connectivity index (χ3v) is 5.10. The molecular weight excluding hydrogens is 376 g/mol. The van der Waals surface area contributed by atoms with Gasteiger partial charge in [0.15, 0.2) is 17.1 Å². The molecule has 0 radical (unpaired) electrons. The van der Waals surface area contributed by atoms with Crippen LogP contribution in [0.15, 0.2) is 42.5 Å². The second-order valence-corrected chi connectivity index (χ2v) is 7.56. The van der Waals surface area contributed by atoms with Gasteiger partial charge < -0.3 is 14.8 Å². The lowest BCUT2D eigenvalue weighted by Gasteiger charge is -2.11. The minimum atomic E-state index is 0.671. The Kier molecular flexibility index (Phi) is 5.08. The summed E-state index contributed by atoms with van der Waals surface area (Å²) in [6.07, 6.45) is 0. The smallest absolute Gasteiger partial charge is 0.161 e. The maximum atomic E-state index is 5.47. The van der Waals surface area contributed by atoms with Crippen LogP contribution in [0.4, 0.5) is 11.5 Å². The summed E-state index contributed by atoms with van der Waals surface area (Å²) >= 11 is 0. The van der Waals surface area contributed by atoms with Gasteiger partial charge in [0.2, 0.25) is 0 Å². The van der Waals surface area contributed by atoms with E-state index in [9.17, 15) is 0 Å². The van der Waals surface area contributed by atoms with E-state index in [-0.39, 0.29) is 0 Å². The third-order valence-electron chi connectivity index (χ3n) is 5.10. The summed E-state index contributed by atoms with van der Waals surface area (Å²) in [6, 6.07) is 14.2. The number of nitrogens with one attached hydrogen (secondary N) is 1. The Morgan fingerprint density at radius 1 is 0.833 bits per heavy atom. The van der Waals surface area contributed by atoms with E-state index in [4.69, 9.17) is 19.6 Å². The van der Waals surface area contributed by atoms with E-state index in [2.05, 4.69) is 37.4 Å². The van der Waals surface area contributed by atoms with E-state index in [1.54, 1.807) is 14.2 Å². The molecule has 0 aliphatic heterocycles. The number of benzene rings is 2. The lowest BCUT2D eigenvalue weighted by atomic mass is 10.1. The molecule has 2 heterocycles. The number of anilines is 2. The second kappa shape index (κ2) is 7.71. The second-order valence-electron chi connectivity index (χ2n) is 7.56. The number of hydrogen-bond acceptors (Lipinski definition) is 5. The molecule has 2 aromatic heterocycles. The minimum absolute atomic E-state index is 0.671. The van der Waals surface area contributed by atoms with Gasteiger partial charge in [-0.05, 0) is 69.2 Å². The molecule has 4 rings (SSSR count). The first-order valence-electron chi connectivity index (χ1n) is 9.84. The maximum Gasteiger partial charge on any atom is 0.161 e. The molecule has 0 aliphatic carbocycles. The zero-order chi connectivity index (χ0) is 21.4. The standard InChI is InChI=1S/C24H26N4O2/c1-14-9-15(2)11-19(10-14)26-22-12-16(3)25-24-17(4)23(27-28(22)24)18-7-8-20(29-5)21(13-18)30-6/h7-13,26H,1-6H3. The van der Waals surface area contributed by atoms with E-state index in [0.717, 1.165) is 39.7 Å². The molecule has 0 atom stereocenters. The van der Waals surface area contributed by atoms with Gasteiger partial charge in [0.05, 0.1) is 19.9 Å². The van der Waals surface area contributed by atoms with Crippen molar-refractivity contribution in [2.75, 3.05) is 19.5 Å². The average Bonchev–Trinajstić information content (AvgIpc) is 3.03. The Hall–Kier alpha value is -3.54. The molecule has 0 saturated carbocycles. The molecule has 0 aliphatic rings. The monoisotopic (exact) mass is 402 g/mol. The van der Waals surface area contributed by atoms with E-state index in [1.165, 1.54) is 11.1 Å². The number of nitrogens with zero attached hydrogens (tertiary/aromatic N) is 3. The van der Waals surface area contributed by atoms with Crippen molar-refractivity contribution in [2.24, 2.45) is 0 Å². The van der Waals surface area contributed by atoms with Crippen molar-refractivity contribution in [1.82, 2.24) is 14.6 Å². The van der Waals surface area contributed by atoms with Crippen LogP contribution in [0.5, 0.6) is 11.5 Å². The topological polar surface area (TPSA) is 60.7 Å². The predicted molar refractivity (Wildman–Crippen MR) is 120 cm³/mol. The molecule has 6 heteroatoms. The van der Waals surface area contributed by atoms with E-state index in [1.807, 2.05) is 42.6 Å². The summed E-state index contributed by atoms with van der Waals surface area (Å²) in [4.78, 5) is 4.74. The summed E-state index contributed by atoms with van der Waals surface area (Å²) in [5, 5.41) is 8.41. The SMILES string of the molecule is COc1ccc(-c2nn3c(Nc4cc(C)cc(C)c4)cc(C)nc3c2C)cc1OC. The Balaban J connectivity index is 1.85. The molecule has 0 fully saturated rings. The third kappa shape index (κ3) is 3.56. The fraction of sp³-hybridized carbons (Fsp3) is 0.250. The number of aromatic nitrogens is 3. The Bertz CT molecular complexity index is 1220. The van der Waals surface area contributed by atoms with Gasteiger partial charge in [0, 0.05) is 28.6 Å². The Morgan fingerprint density at radius 3 is 2.20 bits per heavy atom. The van der Waals surface area contributed by atoms with Gasteiger partial charge in [-0.3, -0.25) is 0 Å². The van der Waals surface area contributed by atoms with Crippen LogP contribution in [0.25, 0.3) is 16.9 Å². The molecule has 30 heavy (non-hydrogen) atoms. The van der Waals surface area contributed by atoms with Crippen molar-refractivity contribution in [2.45, 2.75) is 27.7 Å². The van der Waals surface area contributed by atoms with Crippen LogP contribution >= 0.6 is 0 Å². The van der Waals surface area contributed by atoms with Gasteiger partial charge in [0.25, 0.3) is 0 Å². The van der Waals surface area contributed by atoms with Crippen LogP contribution < -0.4 is 14.8 Å². The summed E-state index contributed by atoms with van der Waals surface area (Å²) in [7, 11) is 3.26. The van der Waals surface area contributed by atoms with E-state index < -0.39 is 0 Å². The first-order valence-corrected chi connectivity index (χ1v) is 9.84. The van der Waals surface area contributed by atoms with Crippen molar-refractivity contribution in [3.05, 3.63) is 64.8 Å². The van der Waals surface area contributed by atoms with Gasteiger partial charge in [-0.1, -0.05) is 6.07 Å². The van der Waals surface area contributed by atoms with E-state index >= 15 is 0 Å². The lowest BCUT2D eigenvalue weighted by molar-refractivity contribution is 0.355. The lowest BCUT2D eigenvalue weighted by Crippen LogP contribution is -2.03. The summed E-state index contributed by atoms with van der Waals surface area (Å²) in [6.45, 7) is 8.23. The van der Waals surface area contributed by atoms with Crippen LogP contribution in [0, 0.1) is 27.7 Å². The molecule has 6 nitrogen and oxygen atoms in total. The summed E-state index contributed by atoms with van der Waals surface area (Å²) in [5.74, 6) is 2.23. The van der Waals surface area contributed by atoms with Crippen LogP contribution in [-0.2, 0) is 0 Å². The highest BCUT2D eigenvalue weighted by Gasteiger charge is 2.17. The number of ether oxygens (including phenoxy) is 2. The average molecular weight is 402 g/mol. The number of aryl methyl sites for hydroxylation is 4. The molecule has 0 bridgehead atoms. The highest BCUT2D eigenvalue weighted by molar-refractivity contribution is 5.74. The van der Waals surface area contributed by atoms with Crippen molar-refractivity contribution in [3.8, 4) is 22.8 Å². The maximum absolute atomic E-state index is 5.47. The summed E-state index contributed by atoms with van der Waals surface area (Å²) in [5.41, 5.74) is 8.02. The molecule has 4 aromatic rings. The molecule has 0 amide bonds. The first kappa shape index (κ1) is 19.8. The van der Waals surface area contributed by atoms with Crippen molar-refractivity contribution >= 4 is 17.2 Å². The largest absolute Gasteiger partial charge is 0.493 e. The number of fused-ring (bicyclic) bond motifs is 1. The van der Waals surface area contributed by atoms with Gasteiger partial charge in [0.1, 0.15) is 5.82 Å². The zero-order valence-corrected chi connectivity index (χ0v) is 18.2. The van der Waals surface area contributed by atoms with Crippen LogP contribution in [0.2, 0.25) is 0 Å². The minimum Gasteiger partial charge on any atom is -0.493 e. The Labute approximate surface area is 176 Å². The molecule has 2 aromatic carbocycles. The highest BCUT2D eigenvalue weighted by atomic mass is 16.5. The quantitative estimate of drug-likeness (QED) is 0.485. The number of rotatable bonds is 5. The fourth-order valence-corrected chi connectivity index (χ4v) is 3.79. The Morgan fingerprint density at radius 2 is 1.53 bits per heavy atom. The first-order chi connectivity index (χ1) is 14.4. The molecule has 154 valence electrons. The number of hydrogen-bond donors (Lipinski definition) is 1. The molecule has 0 spiro atoms.